The first-order chi connectivity index (χ1) is 35.2. The van der Waals surface area contributed by atoms with E-state index in [9.17, 15) is 40.5 Å². The number of aliphatic hydroxyl groups excluding tert-OH is 7. The number of aliphatic hydroxyl groups is 7. The molecule has 1 rings (SSSR count). The van der Waals surface area contributed by atoms with Crippen molar-refractivity contribution < 1.29 is 50.0 Å². The molecule has 0 aromatic carbocycles. The fraction of sp³-hybridized carbons (Fsp3) is 0.820. The number of unbranched alkanes of at least 4 members (excludes halogenated alkanes) is 28. The molecule has 0 aromatic heterocycles. The summed E-state index contributed by atoms with van der Waals surface area (Å²) in [4.78, 5) is 13.2. The van der Waals surface area contributed by atoms with Crippen molar-refractivity contribution in [3.05, 3.63) is 60.8 Å². The summed E-state index contributed by atoms with van der Waals surface area (Å²) in [6.45, 7) is 3.35. The fourth-order valence-corrected chi connectivity index (χ4v) is 9.22. The number of amides is 1. The molecule has 1 fully saturated rings. The first kappa shape index (κ1) is 67.8. The third kappa shape index (κ3) is 37.5. The molecule has 1 heterocycles. The first-order valence-corrected chi connectivity index (χ1v) is 29.7. The number of ether oxygens (including phenoxy) is 2. The van der Waals surface area contributed by atoms with Gasteiger partial charge in [-0.15, -0.1) is 0 Å². The molecule has 1 amide bonds. The van der Waals surface area contributed by atoms with E-state index in [1.165, 1.54) is 148 Å². The molecule has 9 atom stereocenters. The minimum absolute atomic E-state index is 0.239. The van der Waals surface area contributed by atoms with Crippen LogP contribution in [0.15, 0.2) is 60.8 Å². The third-order valence-corrected chi connectivity index (χ3v) is 14.0. The highest BCUT2D eigenvalue weighted by atomic mass is 16.7. The van der Waals surface area contributed by atoms with Gasteiger partial charge >= 0.3 is 0 Å². The molecule has 8 N–H and O–H groups in total. The van der Waals surface area contributed by atoms with Crippen molar-refractivity contribution in [2.45, 2.75) is 306 Å². The Morgan fingerprint density at radius 3 is 1.39 bits per heavy atom. The van der Waals surface area contributed by atoms with Gasteiger partial charge in [0.25, 0.3) is 0 Å². The van der Waals surface area contributed by atoms with Gasteiger partial charge in [-0.2, -0.15) is 0 Å². The number of carbonyl (C=O) groups excluding carboxylic acids is 1. The van der Waals surface area contributed by atoms with E-state index in [1.807, 2.05) is 0 Å². The van der Waals surface area contributed by atoms with Crippen molar-refractivity contribution in [3.63, 3.8) is 0 Å². The van der Waals surface area contributed by atoms with Crippen LogP contribution in [-0.4, -0.2) is 110 Å². The summed E-state index contributed by atoms with van der Waals surface area (Å²) in [5, 5.41) is 76.2. The summed E-state index contributed by atoms with van der Waals surface area (Å²) in [7, 11) is 0. The molecule has 1 saturated heterocycles. The molecule has 420 valence electrons. The maximum absolute atomic E-state index is 13.2. The van der Waals surface area contributed by atoms with Crippen LogP contribution in [0.2, 0.25) is 0 Å². The van der Waals surface area contributed by atoms with Gasteiger partial charge in [-0.3, -0.25) is 4.79 Å². The number of hydrogen-bond acceptors (Lipinski definition) is 10. The van der Waals surface area contributed by atoms with Crippen LogP contribution in [-0.2, 0) is 14.3 Å². The standard InChI is InChI=1S/C61H111NO10/c1-3-5-7-9-11-13-15-17-19-21-23-25-26-27-28-29-31-32-34-36-38-40-42-44-46-48-53(64)56(66)52(51-71-61-59(69)58(68)57(67)55(50-63)72-61)62-60(70)54(65)49-47-45-43-41-39-37-35-33-30-24-22-20-18-16-14-12-10-8-6-4-2/h6,8,12,14,27-28,32,34,40,42,52-59,61,63-69H,3-5,7,9-11,13,15-26,29-31,33,35-39,41,43-51H2,1-2H3,(H,62,70)/b8-6-,14-12-,28-27+,34-32+,42-40+. The van der Waals surface area contributed by atoms with E-state index in [0.717, 1.165) is 57.8 Å². The maximum Gasteiger partial charge on any atom is 0.249 e. The van der Waals surface area contributed by atoms with E-state index in [1.54, 1.807) is 0 Å². The molecule has 0 aromatic rings. The molecule has 0 radical (unpaired) electrons. The second kappa shape index (κ2) is 49.7. The first-order valence-electron chi connectivity index (χ1n) is 29.7. The number of hydrogen-bond donors (Lipinski definition) is 8. The fourth-order valence-electron chi connectivity index (χ4n) is 9.22. The molecule has 0 aliphatic carbocycles. The molecule has 0 bridgehead atoms. The minimum atomic E-state index is -1.68. The Bertz CT molecular complexity index is 1350. The topological polar surface area (TPSA) is 189 Å². The molecule has 0 spiro atoms. The predicted molar refractivity (Wildman–Crippen MR) is 298 cm³/mol. The van der Waals surface area contributed by atoms with Crippen LogP contribution in [0.25, 0.3) is 0 Å². The van der Waals surface area contributed by atoms with Crippen molar-refractivity contribution >= 4 is 5.91 Å². The van der Waals surface area contributed by atoms with Crippen LogP contribution in [0.3, 0.4) is 0 Å². The average Bonchev–Trinajstić information content (AvgIpc) is 3.38. The molecule has 11 heteroatoms. The molecule has 72 heavy (non-hydrogen) atoms. The van der Waals surface area contributed by atoms with E-state index < -0.39 is 74.2 Å². The van der Waals surface area contributed by atoms with Gasteiger partial charge in [0.15, 0.2) is 6.29 Å². The molecule has 1 aliphatic heterocycles. The van der Waals surface area contributed by atoms with Crippen molar-refractivity contribution in [2.24, 2.45) is 0 Å². The molecule has 1 aliphatic rings. The SMILES string of the molecule is CC/C=C\C/C=C\CCCCCCCCCCCCCCCC(O)C(=O)NC(COC1OC(CO)C(O)C(O)C1O)C(O)C(O)CCC/C=C/CC/C=C/CC/C=C/CCCCCCCCCCCCCC. The van der Waals surface area contributed by atoms with Gasteiger partial charge < -0.3 is 50.5 Å². The van der Waals surface area contributed by atoms with Crippen molar-refractivity contribution in [2.75, 3.05) is 13.2 Å². The lowest BCUT2D eigenvalue weighted by molar-refractivity contribution is -0.303. The summed E-state index contributed by atoms with van der Waals surface area (Å²) in [6, 6.07) is -1.20. The summed E-state index contributed by atoms with van der Waals surface area (Å²) in [5.74, 6) is -0.713. The molecular formula is C61H111NO10. The molecular weight excluding hydrogens is 907 g/mol. The van der Waals surface area contributed by atoms with Gasteiger partial charge in [0.1, 0.15) is 36.6 Å². The molecule has 9 unspecified atom stereocenters. The van der Waals surface area contributed by atoms with Gasteiger partial charge in [-0.1, -0.05) is 222 Å². The van der Waals surface area contributed by atoms with Crippen LogP contribution >= 0.6 is 0 Å². The lowest BCUT2D eigenvalue weighted by atomic mass is 9.98. The number of allylic oxidation sites excluding steroid dienone is 10. The smallest absolute Gasteiger partial charge is 0.249 e. The van der Waals surface area contributed by atoms with Crippen LogP contribution in [0.1, 0.15) is 251 Å². The van der Waals surface area contributed by atoms with Crippen LogP contribution < -0.4 is 5.32 Å². The van der Waals surface area contributed by atoms with Gasteiger partial charge in [-0.25, -0.2) is 0 Å². The summed E-state index contributed by atoms with van der Waals surface area (Å²) >= 11 is 0. The zero-order valence-electron chi connectivity index (χ0n) is 45.9. The second-order valence-electron chi connectivity index (χ2n) is 20.7. The number of rotatable bonds is 50. The van der Waals surface area contributed by atoms with E-state index >= 15 is 0 Å². The Morgan fingerprint density at radius 1 is 0.500 bits per heavy atom. The van der Waals surface area contributed by atoms with Gasteiger partial charge in [0, 0.05) is 0 Å². The van der Waals surface area contributed by atoms with Crippen LogP contribution in [0, 0.1) is 0 Å². The van der Waals surface area contributed by atoms with Crippen LogP contribution in [0.4, 0.5) is 0 Å². The average molecular weight is 1020 g/mol. The molecule has 11 nitrogen and oxygen atoms in total. The van der Waals surface area contributed by atoms with Crippen molar-refractivity contribution in [3.8, 4) is 0 Å². The van der Waals surface area contributed by atoms with E-state index in [2.05, 4.69) is 79.9 Å². The Labute approximate surface area is 440 Å². The maximum atomic E-state index is 13.2. The predicted octanol–water partition coefficient (Wildman–Crippen LogP) is 12.6. The van der Waals surface area contributed by atoms with Gasteiger partial charge in [0.2, 0.25) is 5.91 Å². The highest BCUT2D eigenvalue weighted by molar-refractivity contribution is 5.80. The lowest BCUT2D eigenvalue weighted by Crippen LogP contribution is -2.60. The Hall–Kier alpha value is -2.19. The van der Waals surface area contributed by atoms with Gasteiger partial charge in [-0.05, 0) is 89.9 Å². The zero-order valence-corrected chi connectivity index (χ0v) is 45.9. The zero-order chi connectivity index (χ0) is 52.5. The van der Waals surface area contributed by atoms with Crippen LogP contribution in [0.5, 0.6) is 0 Å². The Morgan fingerprint density at radius 2 is 0.917 bits per heavy atom. The Kier molecular flexibility index (Phi) is 46.8. The van der Waals surface area contributed by atoms with Crippen molar-refractivity contribution in [1.82, 2.24) is 5.32 Å². The highest BCUT2D eigenvalue weighted by Gasteiger charge is 2.44. The highest BCUT2D eigenvalue weighted by Crippen LogP contribution is 2.23. The number of carbonyl (C=O) groups is 1. The summed E-state index contributed by atoms with van der Waals surface area (Å²) in [6.07, 6.45) is 52.8. The third-order valence-electron chi connectivity index (χ3n) is 14.0. The Balaban J connectivity index is 2.34. The summed E-state index contributed by atoms with van der Waals surface area (Å²) < 4.78 is 11.1. The van der Waals surface area contributed by atoms with E-state index in [4.69, 9.17) is 9.47 Å². The second-order valence-corrected chi connectivity index (χ2v) is 20.7. The normalized spacial score (nSPS) is 20.5. The summed E-state index contributed by atoms with van der Waals surface area (Å²) in [5.41, 5.74) is 0. The van der Waals surface area contributed by atoms with Crippen molar-refractivity contribution in [1.29, 1.82) is 0 Å². The lowest BCUT2D eigenvalue weighted by Gasteiger charge is -2.40. The van der Waals surface area contributed by atoms with E-state index in [-0.39, 0.29) is 12.8 Å². The number of nitrogens with one attached hydrogen (secondary N) is 1. The monoisotopic (exact) mass is 1020 g/mol. The minimum Gasteiger partial charge on any atom is -0.394 e. The van der Waals surface area contributed by atoms with E-state index in [0.29, 0.717) is 19.3 Å². The quantitative estimate of drug-likeness (QED) is 0.0215. The largest absolute Gasteiger partial charge is 0.394 e. The molecule has 0 saturated carbocycles. The van der Waals surface area contributed by atoms with Gasteiger partial charge in [0.05, 0.1) is 25.4 Å².